The molecule has 0 bridgehead atoms. The number of fused-ring (bicyclic) bond motifs is 1. The molecule has 0 saturated carbocycles. The first-order valence-electron chi connectivity index (χ1n) is 9.09. The van der Waals surface area contributed by atoms with Crippen LogP contribution >= 0.6 is 0 Å². The molecule has 0 fully saturated rings. The highest BCUT2D eigenvalue weighted by Gasteiger charge is 2.33. The molecule has 0 spiro atoms. The van der Waals surface area contributed by atoms with E-state index in [4.69, 9.17) is 10.5 Å². The van der Waals surface area contributed by atoms with Crippen LogP contribution in [-0.2, 0) is 17.7 Å². The molecule has 144 valence electrons. The van der Waals surface area contributed by atoms with E-state index in [1.165, 1.54) is 0 Å². The first kappa shape index (κ1) is 20.2. The van der Waals surface area contributed by atoms with Gasteiger partial charge in [0.15, 0.2) is 5.69 Å². The van der Waals surface area contributed by atoms with E-state index in [1.807, 2.05) is 25.2 Å². The van der Waals surface area contributed by atoms with Gasteiger partial charge in [-0.25, -0.2) is 4.79 Å². The van der Waals surface area contributed by atoms with Crippen LogP contribution in [0.3, 0.4) is 0 Å². The van der Waals surface area contributed by atoms with Gasteiger partial charge in [0.25, 0.3) is 0 Å². The Balaban J connectivity index is 2.45. The lowest BCUT2D eigenvalue weighted by molar-refractivity contribution is 0.0517. The van der Waals surface area contributed by atoms with Crippen molar-refractivity contribution < 1.29 is 14.3 Å². The number of aryl methyl sites for hydroxylation is 1. The number of hydrogen-bond acceptors (Lipinski definition) is 6. The zero-order valence-corrected chi connectivity index (χ0v) is 16.5. The van der Waals surface area contributed by atoms with Crippen LogP contribution in [0.25, 0.3) is 0 Å². The fourth-order valence-corrected chi connectivity index (χ4v) is 2.99. The van der Waals surface area contributed by atoms with E-state index in [1.54, 1.807) is 11.6 Å². The number of esters is 1. The van der Waals surface area contributed by atoms with Gasteiger partial charge in [-0.1, -0.05) is 13.8 Å². The SMILES string of the molecule is CCOC(=O)c1nn(CCC(C)(C)CN)c2c1CCC(=CN(C)C)C2=O. The van der Waals surface area contributed by atoms with Crippen molar-refractivity contribution in [2.75, 3.05) is 27.2 Å². The molecule has 1 heterocycles. The lowest BCUT2D eigenvalue weighted by Gasteiger charge is -2.23. The summed E-state index contributed by atoms with van der Waals surface area (Å²) in [5.74, 6) is -0.526. The Hall–Kier alpha value is -2.15. The number of nitrogens with zero attached hydrogens (tertiary/aromatic N) is 3. The van der Waals surface area contributed by atoms with Gasteiger partial charge in [-0.05, 0) is 38.1 Å². The molecule has 1 aromatic heterocycles. The largest absolute Gasteiger partial charge is 0.461 e. The van der Waals surface area contributed by atoms with E-state index in [-0.39, 0.29) is 23.5 Å². The van der Waals surface area contributed by atoms with Crippen LogP contribution in [0.15, 0.2) is 11.8 Å². The Labute approximate surface area is 155 Å². The molecular formula is C19H30N4O3. The van der Waals surface area contributed by atoms with Crippen LogP contribution in [0.1, 0.15) is 60.2 Å². The van der Waals surface area contributed by atoms with Gasteiger partial charge in [-0.15, -0.1) is 0 Å². The van der Waals surface area contributed by atoms with E-state index in [2.05, 4.69) is 18.9 Å². The van der Waals surface area contributed by atoms with E-state index >= 15 is 0 Å². The number of hydrogen-bond donors (Lipinski definition) is 1. The van der Waals surface area contributed by atoms with Gasteiger partial charge in [-0.2, -0.15) is 5.10 Å². The van der Waals surface area contributed by atoms with Gasteiger partial charge in [0, 0.05) is 38.0 Å². The Morgan fingerprint density at radius 2 is 2.08 bits per heavy atom. The molecule has 0 radical (unpaired) electrons. The zero-order chi connectivity index (χ0) is 19.5. The fourth-order valence-electron chi connectivity index (χ4n) is 2.99. The summed E-state index contributed by atoms with van der Waals surface area (Å²) in [6.07, 6.45) is 3.81. The Kier molecular flexibility index (Phi) is 6.23. The molecule has 0 aliphatic heterocycles. The van der Waals surface area contributed by atoms with E-state index < -0.39 is 5.97 Å². The van der Waals surface area contributed by atoms with Crippen LogP contribution < -0.4 is 5.73 Å². The lowest BCUT2D eigenvalue weighted by atomic mass is 9.88. The lowest BCUT2D eigenvalue weighted by Crippen LogP contribution is -2.27. The molecule has 0 unspecified atom stereocenters. The average Bonchev–Trinajstić information content (AvgIpc) is 2.95. The standard InChI is InChI=1S/C19H30N4O3/c1-6-26-18(25)15-14-8-7-13(11-22(4)5)17(24)16(14)23(21-15)10-9-19(2,3)12-20/h11H,6-10,12,20H2,1-5H3. The second-order valence-electron chi connectivity index (χ2n) is 7.68. The van der Waals surface area contributed by atoms with Crippen LogP contribution in [0.5, 0.6) is 0 Å². The topological polar surface area (TPSA) is 90.4 Å². The summed E-state index contributed by atoms with van der Waals surface area (Å²) in [6, 6.07) is 0. The summed E-state index contributed by atoms with van der Waals surface area (Å²) in [7, 11) is 3.78. The molecule has 0 aromatic carbocycles. The third kappa shape index (κ3) is 4.33. The number of Topliss-reactive ketones (excluding diaryl/α,β-unsaturated/α-hetero) is 1. The number of rotatable bonds is 7. The van der Waals surface area contributed by atoms with Crippen molar-refractivity contribution in [3.63, 3.8) is 0 Å². The number of nitrogens with two attached hydrogens (primary N) is 1. The molecule has 1 aliphatic rings. The molecule has 7 nitrogen and oxygen atoms in total. The highest BCUT2D eigenvalue weighted by atomic mass is 16.5. The highest BCUT2D eigenvalue weighted by molar-refractivity contribution is 6.11. The van der Waals surface area contributed by atoms with Gasteiger partial charge in [0.05, 0.1) is 6.61 Å². The van der Waals surface area contributed by atoms with Crippen molar-refractivity contribution in [2.24, 2.45) is 11.1 Å². The number of allylic oxidation sites excluding steroid dienone is 1. The predicted molar refractivity (Wildman–Crippen MR) is 100 cm³/mol. The van der Waals surface area contributed by atoms with Crippen molar-refractivity contribution in [1.29, 1.82) is 0 Å². The second kappa shape index (κ2) is 8.03. The van der Waals surface area contributed by atoms with E-state index in [0.717, 1.165) is 12.0 Å². The Bertz CT molecular complexity index is 717. The first-order chi connectivity index (χ1) is 12.2. The number of carbonyl (C=O) groups excluding carboxylic acids is 2. The molecule has 7 heteroatoms. The van der Waals surface area contributed by atoms with Gasteiger partial charge in [-0.3, -0.25) is 9.48 Å². The van der Waals surface area contributed by atoms with E-state index in [9.17, 15) is 9.59 Å². The molecule has 2 N–H and O–H groups in total. The minimum Gasteiger partial charge on any atom is -0.461 e. The number of ketones is 1. The first-order valence-corrected chi connectivity index (χ1v) is 9.09. The van der Waals surface area contributed by atoms with Crippen LogP contribution in [0.4, 0.5) is 0 Å². The third-order valence-corrected chi connectivity index (χ3v) is 4.64. The molecular weight excluding hydrogens is 332 g/mol. The number of carbonyl (C=O) groups is 2. The molecule has 2 rings (SSSR count). The number of aromatic nitrogens is 2. The second-order valence-corrected chi connectivity index (χ2v) is 7.68. The molecule has 26 heavy (non-hydrogen) atoms. The van der Waals surface area contributed by atoms with E-state index in [0.29, 0.717) is 37.2 Å². The van der Waals surface area contributed by atoms with Crippen molar-refractivity contribution >= 4 is 11.8 Å². The molecule has 1 aliphatic carbocycles. The molecule has 0 saturated heterocycles. The quantitative estimate of drug-likeness (QED) is 0.589. The van der Waals surface area contributed by atoms with Crippen molar-refractivity contribution in [3.8, 4) is 0 Å². The summed E-state index contributed by atoms with van der Waals surface area (Å²) in [4.78, 5) is 27.2. The average molecular weight is 362 g/mol. The Morgan fingerprint density at radius 1 is 1.38 bits per heavy atom. The fraction of sp³-hybridized carbons (Fsp3) is 0.632. The minimum atomic E-state index is -0.464. The van der Waals surface area contributed by atoms with Crippen molar-refractivity contribution in [2.45, 2.75) is 46.6 Å². The summed E-state index contributed by atoms with van der Waals surface area (Å²) >= 11 is 0. The summed E-state index contributed by atoms with van der Waals surface area (Å²) < 4.78 is 6.80. The predicted octanol–water partition coefficient (Wildman–Crippen LogP) is 2.01. The summed E-state index contributed by atoms with van der Waals surface area (Å²) in [5, 5.41) is 4.45. The van der Waals surface area contributed by atoms with Crippen LogP contribution in [0, 0.1) is 5.41 Å². The maximum absolute atomic E-state index is 13.0. The molecule has 0 amide bonds. The van der Waals surface area contributed by atoms with Crippen LogP contribution in [-0.4, -0.2) is 53.7 Å². The van der Waals surface area contributed by atoms with Crippen molar-refractivity contribution in [1.82, 2.24) is 14.7 Å². The molecule has 1 aromatic rings. The molecule has 0 atom stereocenters. The summed E-state index contributed by atoms with van der Waals surface area (Å²) in [6.45, 7) is 7.27. The minimum absolute atomic E-state index is 0.0615. The number of ether oxygens (including phenoxy) is 1. The third-order valence-electron chi connectivity index (χ3n) is 4.64. The highest BCUT2D eigenvalue weighted by Crippen LogP contribution is 2.30. The summed E-state index contributed by atoms with van der Waals surface area (Å²) in [5.41, 5.74) is 7.97. The van der Waals surface area contributed by atoms with Crippen LogP contribution in [0.2, 0.25) is 0 Å². The normalized spacial score (nSPS) is 15.9. The monoisotopic (exact) mass is 362 g/mol. The van der Waals surface area contributed by atoms with Gasteiger partial charge < -0.3 is 15.4 Å². The van der Waals surface area contributed by atoms with Gasteiger partial charge in [0.1, 0.15) is 5.69 Å². The van der Waals surface area contributed by atoms with Crippen molar-refractivity contribution in [3.05, 3.63) is 28.7 Å². The smallest absolute Gasteiger partial charge is 0.359 e. The van der Waals surface area contributed by atoms with Gasteiger partial charge >= 0.3 is 5.97 Å². The van der Waals surface area contributed by atoms with Gasteiger partial charge in [0.2, 0.25) is 5.78 Å². The maximum Gasteiger partial charge on any atom is 0.359 e. The maximum atomic E-state index is 13.0. The zero-order valence-electron chi connectivity index (χ0n) is 16.5. The Morgan fingerprint density at radius 3 is 2.65 bits per heavy atom.